The van der Waals surface area contributed by atoms with Crippen LogP contribution < -0.4 is 5.32 Å². The van der Waals surface area contributed by atoms with E-state index in [-0.39, 0.29) is 19.1 Å². The molecule has 0 aliphatic rings. The van der Waals surface area contributed by atoms with Crippen molar-refractivity contribution in [2.24, 2.45) is 0 Å². The first-order valence-corrected chi connectivity index (χ1v) is 7.18. The van der Waals surface area contributed by atoms with Gasteiger partial charge in [0.15, 0.2) is 0 Å². The number of aromatic nitrogens is 1. The van der Waals surface area contributed by atoms with Crippen LogP contribution in [0.3, 0.4) is 0 Å². The third kappa shape index (κ3) is 2.94. The average molecular weight is 337 g/mol. The van der Waals surface area contributed by atoms with E-state index < -0.39 is 0 Å². The molecule has 0 aliphatic heterocycles. The number of carbonyl (C=O) groups excluding carboxylic acids is 1. The zero-order valence-electron chi connectivity index (χ0n) is 11.5. The Hall–Kier alpha value is -1.59. The zero-order chi connectivity index (χ0) is 14.7. The van der Waals surface area contributed by atoms with Gasteiger partial charge in [-0.25, -0.2) is 0 Å². The largest absolute Gasteiger partial charge is 0.395 e. The van der Waals surface area contributed by atoms with Gasteiger partial charge in [0.05, 0.1) is 12.2 Å². The maximum Gasteiger partial charge on any atom is 0.253 e. The molecule has 0 radical (unpaired) electrons. The number of aliphatic hydroxyl groups excluding tert-OH is 1. The molecular weight excluding hydrogens is 320 g/mol. The fraction of sp³-hybridized carbons (Fsp3) is 0.267. The van der Waals surface area contributed by atoms with Gasteiger partial charge in [-0.2, -0.15) is 0 Å². The van der Waals surface area contributed by atoms with Crippen LogP contribution in [0.5, 0.6) is 0 Å². The van der Waals surface area contributed by atoms with E-state index in [1.165, 1.54) is 0 Å². The van der Waals surface area contributed by atoms with E-state index in [2.05, 4.69) is 21.2 Å². The number of carbonyl (C=O) groups is 1. The van der Waals surface area contributed by atoms with Gasteiger partial charge in [-0.1, -0.05) is 15.9 Å². The molecule has 1 heterocycles. The third-order valence-electron chi connectivity index (χ3n) is 3.16. The first-order valence-electron chi connectivity index (χ1n) is 6.38. The second-order valence-corrected chi connectivity index (χ2v) is 5.49. The maximum absolute atomic E-state index is 12.0. The Morgan fingerprint density at radius 1 is 1.30 bits per heavy atom. The number of nitrogens with zero attached hydrogens (tertiary/aromatic N) is 1. The van der Waals surface area contributed by atoms with Gasteiger partial charge in [-0.05, 0) is 44.2 Å². The van der Waals surface area contributed by atoms with Crippen molar-refractivity contribution in [1.82, 2.24) is 9.88 Å². The molecular formula is C15H17BrN2O2. The van der Waals surface area contributed by atoms with Crippen molar-refractivity contribution in [3.63, 3.8) is 0 Å². The smallest absolute Gasteiger partial charge is 0.253 e. The summed E-state index contributed by atoms with van der Waals surface area (Å²) in [5.41, 5.74) is 3.54. The number of nitrogens with one attached hydrogen (secondary N) is 1. The number of amides is 1. The summed E-state index contributed by atoms with van der Waals surface area (Å²) in [6.07, 6.45) is 0. The number of aryl methyl sites for hydroxylation is 1. The van der Waals surface area contributed by atoms with Gasteiger partial charge in [-0.15, -0.1) is 0 Å². The second-order valence-electron chi connectivity index (χ2n) is 4.58. The summed E-state index contributed by atoms with van der Waals surface area (Å²) in [6.45, 7) is 4.10. The van der Waals surface area contributed by atoms with Crippen LogP contribution in [0.15, 0.2) is 34.8 Å². The summed E-state index contributed by atoms with van der Waals surface area (Å²) < 4.78 is 3.06. The Labute approximate surface area is 126 Å². The molecule has 20 heavy (non-hydrogen) atoms. The molecule has 2 N–H and O–H groups in total. The highest BCUT2D eigenvalue weighted by Crippen LogP contribution is 2.22. The monoisotopic (exact) mass is 336 g/mol. The maximum atomic E-state index is 12.0. The molecule has 0 saturated heterocycles. The van der Waals surface area contributed by atoms with Crippen LogP contribution in [0.2, 0.25) is 0 Å². The van der Waals surface area contributed by atoms with Crippen molar-refractivity contribution in [2.45, 2.75) is 13.8 Å². The highest BCUT2D eigenvalue weighted by atomic mass is 79.9. The van der Waals surface area contributed by atoms with Crippen LogP contribution in [-0.4, -0.2) is 28.7 Å². The molecule has 0 saturated carbocycles. The third-order valence-corrected chi connectivity index (χ3v) is 3.69. The lowest BCUT2D eigenvalue weighted by Gasteiger charge is -2.10. The first-order chi connectivity index (χ1) is 9.54. The zero-order valence-corrected chi connectivity index (χ0v) is 13.1. The lowest BCUT2D eigenvalue weighted by atomic mass is 10.2. The molecule has 0 unspecified atom stereocenters. The summed E-state index contributed by atoms with van der Waals surface area (Å²) >= 11 is 3.41. The molecule has 1 amide bonds. The minimum Gasteiger partial charge on any atom is -0.395 e. The summed E-state index contributed by atoms with van der Waals surface area (Å²) in [4.78, 5) is 12.0. The minimum atomic E-state index is -0.157. The number of rotatable bonds is 4. The van der Waals surface area contributed by atoms with E-state index in [0.29, 0.717) is 5.56 Å². The van der Waals surface area contributed by atoms with Crippen molar-refractivity contribution >= 4 is 21.8 Å². The number of halogens is 1. The molecule has 0 atom stereocenters. The van der Waals surface area contributed by atoms with Crippen LogP contribution in [0.25, 0.3) is 5.69 Å². The summed E-state index contributed by atoms with van der Waals surface area (Å²) in [7, 11) is 0. The van der Waals surface area contributed by atoms with Gasteiger partial charge in [0.2, 0.25) is 0 Å². The number of hydrogen-bond donors (Lipinski definition) is 2. The van der Waals surface area contributed by atoms with E-state index in [0.717, 1.165) is 21.5 Å². The van der Waals surface area contributed by atoms with E-state index in [1.54, 1.807) is 0 Å². The lowest BCUT2D eigenvalue weighted by Crippen LogP contribution is -2.26. The van der Waals surface area contributed by atoms with Gasteiger partial charge < -0.3 is 15.0 Å². The van der Waals surface area contributed by atoms with Gasteiger partial charge in [0.25, 0.3) is 5.91 Å². The predicted molar refractivity (Wildman–Crippen MR) is 82.4 cm³/mol. The lowest BCUT2D eigenvalue weighted by molar-refractivity contribution is 0.0944. The van der Waals surface area contributed by atoms with Crippen molar-refractivity contribution in [3.05, 3.63) is 51.8 Å². The standard InChI is InChI=1S/C15H17BrN2O2/c1-10-9-14(15(20)17-7-8-19)11(2)18(10)13-5-3-12(16)4-6-13/h3-6,9,19H,7-8H2,1-2H3,(H,17,20). The average Bonchev–Trinajstić information content (AvgIpc) is 2.73. The fourth-order valence-electron chi connectivity index (χ4n) is 2.24. The van der Waals surface area contributed by atoms with Crippen LogP contribution in [0.4, 0.5) is 0 Å². The van der Waals surface area contributed by atoms with Crippen molar-refractivity contribution < 1.29 is 9.90 Å². The molecule has 2 aromatic rings. The van der Waals surface area contributed by atoms with E-state index in [1.807, 2.05) is 48.7 Å². The van der Waals surface area contributed by atoms with Crippen LogP contribution in [0.1, 0.15) is 21.7 Å². The number of benzene rings is 1. The van der Waals surface area contributed by atoms with Crippen LogP contribution in [-0.2, 0) is 0 Å². The molecule has 1 aromatic heterocycles. The Morgan fingerprint density at radius 2 is 1.95 bits per heavy atom. The normalized spacial score (nSPS) is 10.6. The van der Waals surface area contributed by atoms with Gasteiger partial charge in [-0.3, -0.25) is 4.79 Å². The van der Waals surface area contributed by atoms with Crippen LogP contribution in [0, 0.1) is 13.8 Å². The SMILES string of the molecule is Cc1cc(C(=O)NCCO)c(C)n1-c1ccc(Br)cc1. The molecule has 0 aliphatic carbocycles. The predicted octanol–water partition coefficient (Wildman–Crippen LogP) is 2.58. The molecule has 4 nitrogen and oxygen atoms in total. The van der Waals surface area contributed by atoms with E-state index >= 15 is 0 Å². The molecule has 0 bridgehead atoms. The summed E-state index contributed by atoms with van der Waals surface area (Å²) in [5.74, 6) is -0.157. The van der Waals surface area contributed by atoms with E-state index in [9.17, 15) is 4.79 Å². The molecule has 106 valence electrons. The summed E-state index contributed by atoms with van der Waals surface area (Å²) in [5, 5.41) is 11.5. The topological polar surface area (TPSA) is 54.3 Å². The second kappa shape index (κ2) is 6.24. The van der Waals surface area contributed by atoms with E-state index in [4.69, 9.17) is 5.11 Å². The Kier molecular flexibility index (Phi) is 4.62. The van der Waals surface area contributed by atoms with Gasteiger partial charge >= 0.3 is 0 Å². The number of aliphatic hydroxyl groups is 1. The van der Waals surface area contributed by atoms with Crippen molar-refractivity contribution in [3.8, 4) is 5.69 Å². The molecule has 0 spiro atoms. The molecule has 5 heteroatoms. The highest BCUT2D eigenvalue weighted by molar-refractivity contribution is 9.10. The Bertz CT molecular complexity index is 618. The molecule has 0 fully saturated rings. The molecule has 2 rings (SSSR count). The summed E-state index contributed by atoms with van der Waals surface area (Å²) in [6, 6.07) is 9.81. The van der Waals surface area contributed by atoms with Gasteiger partial charge in [0.1, 0.15) is 0 Å². The molecule has 1 aromatic carbocycles. The van der Waals surface area contributed by atoms with Crippen molar-refractivity contribution in [1.29, 1.82) is 0 Å². The highest BCUT2D eigenvalue weighted by Gasteiger charge is 2.16. The Balaban J connectivity index is 2.38. The number of hydrogen-bond acceptors (Lipinski definition) is 2. The van der Waals surface area contributed by atoms with Crippen molar-refractivity contribution in [2.75, 3.05) is 13.2 Å². The quantitative estimate of drug-likeness (QED) is 0.901. The van der Waals surface area contributed by atoms with Crippen LogP contribution >= 0.6 is 15.9 Å². The van der Waals surface area contributed by atoms with Gasteiger partial charge in [0, 0.05) is 28.1 Å². The fourth-order valence-corrected chi connectivity index (χ4v) is 2.51. The first kappa shape index (κ1) is 14.8. The Morgan fingerprint density at radius 3 is 2.55 bits per heavy atom. The minimum absolute atomic E-state index is 0.0583.